The number of hydrogen-bond acceptors (Lipinski definition) is 3. The first-order valence-electron chi connectivity index (χ1n) is 11.5. The zero-order valence-corrected chi connectivity index (χ0v) is 19.5. The number of imidazole rings is 1. The molecule has 1 amide bonds. The molecule has 2 heterocycles. The first-order chi connectivity index (χ1) is 16.6. The van der Waals surface area contributed by atoms with Gasteiger partial charge in [-0.25, -0.2) is 9.37 Å². The summed E-state index contributed by atoms with van der Waals surface area (Å²) in [5.74, 6) is 0.683. The molecule has 5 rings (SSSR count). The van der Waals surface area contributed by atoms with E-state index in [2.05, 4.69) is 20.9 Å². The molecule has 3 aromatic carbocycles. The van der Waals surface area contributed by atoms with E-state index in [9.17, 15) is 9.18 Å². The molecule has 0 bridgehead atoms. The predicted octanol–water partition coefficient (Wildman–Crippen LogP) is 5.41. The van der Waals surface area contributed by atoms with Gasteiger partial charge in [-0.15, -0.1) is 0 Å². The molecule has 1 aliphatic heterocycles. The van der Waals surface area contributed by atoms with Gasteiger partial charge in [-0.3, -0.25) is 4.79 Å². The Hall–Kier alpha value is -3.38. The van der Waals surface area contributed by atoms with Gasteiger partial charge in [-0.1, -0.05) is 54.1 Å². The number of amides is 1. The van der Waals surface area contributed by atoms with Crippen LogP contribution in [0.1, 0.15) is 24.0 Å². The number of carbonyl (C=O) groups excluding carboxylic acids is 1. The molecular weight excluding hydrogens is 451 g/mol. The molecule has 0 unspecified atom stereocenters. The topological polar surface area (TPSA) is 50.2 Å². The maximum absolute atomic E-state index is 13.4. The van der Waals surface area contributed by atoms with Gasteiger partial charge in [-0.2, -0.15) is 0 Å². The number of piperidine rings is 1. The summed E-state index contributed by atoms with van der Waals surface area (Å²) in [7, 11) is 0. The van der Waals surface area contributed by atoms with Crippen LogP contribution in [0, 0.1) is 11.7 Å². The number of aromatic nitrogens is 2. The summed E-state index contributed by atoms with van der Waals surface area (Å²) in [6.07, 6.45) is 1.52. The third-order valence-electron chi connectivity index (χ3n) is 6.45. The average Bonchev–Trinajstić information content (AvgIpc) is 3.23. The number of fused-ring (bicyclic) bond motifs is 1. The highest BCUT2D eigenvalue weighted by atomic mass is 35.5. The Bertz CT molecular complexity index is 1300. The Morgan fingerprint density at radius 3 is 2.47 bits per heavy atom. The van der Waals surface area contributed by atoms with Crippen molar-refractivity contribution in [1.82, 2.24) is 14.9 Å². The van der Waals surface area contributed by atoms with Gasteiger partial charge in [0.05, 0.1) is 17.6 Å². The van der Waals surface area contributed by atoms with Crippen LogP contribution in [0.3, 0.4) is 0 Å². The van der Waals surface area contributed by atoms with Crippen molar-refractivity contribution in [3.8, 4) is 0 Å². The zero-order chi connectivity index (χ0) is 23.5. The normalized spacial score (nSPS) is 14.5. The lowest BCUT2D eigenvalue weighted by Gasteiger charge is -2.32. The molecule has 5 nitrogen and oxygen atoms in total. The van der Waals surface area contributed by atoms with E-state index in [1.54, 1.807) is 0 Å². The summed E-state index contributed by atoms with van der Waals surface area (Å²) in [4.78, 5) is 19.9. The van der Waals surface area contributed by atoms with E-state index in [0.717, 1.165) is 54.0 Å². The van der Waals surface area contributed by atoms with E-state index in [4.69, 9.17) is 16.6 Å². The van der Waals surface area contributed by atoms with Crippen molar-refractivity contribution in [2.24, 2.45) is 5.92 Å². The Balaban J connectivity index is 1.28. The van der Waals surface area contributed by atoms with Crippen LogP contribution in [-0.2, 0) is 17.9 Å². The maximum atomic E-state index is 13.4. The zero-order valence-electron chi connectivity index (χ0n) is 18.8. The van der Waals surface area contributed by atoms with Crippen LogP contribution in [0.4, 0.5) is 10.3 Å². The molecule has 7 heteroatoms. The summed E-state index contributed by atoms with van der Waals surface area (Å²) >= 11 is 6.21. The van der Waals surface area contributed by atoms with Crippen molar-refractivity contribution in [2.75, 3.05) is 18.0 Å². The number of halogens is 2. The predicted molar refractivity (Wildman–Crippen MR) is 133 cm³/mol. The van der Waals surface area contributed by atoms with E-state index in [1.807, 2.05) is 54.6 Å². The average molecular weight is 477 g/mol. The van der Waals surface area contributed by atoms with Gasteiger partial charge in [-0.05, 0) is 54.3 Å². The molecule has 1 aliphatic rings. The van der Waals surface area contributed by atoms with E-state index in [0.29, 0.717) is 18.1 Å². The number of hydrogen-bond donors (Lipinski definition) is 1. The number of anilines is 1. The Morgan fingerprint density at radius 2 is 1.71 bits per heavy atom. The molecule has 4 aromatic rings. The molecule has 174 valence electrons. The Kier molecular flexibility index (Phi) is 6.50. The second-order valence-corrected chi connectivity index (χ2v) is 9.09. The van der Waals surface area contributed by atoms with Crippen molar-refractivity contribution >= 4 is 34.5 Å². The molecule has 0 spiro atoms. The highest BCUT2D eigenvalue weighted by Gasteiger charge is 2.27. The van der Waals surface area contributed by atoms with Gasteiger partial charge in [0, 0.05) is 30.6 Å². The maximum Gasteiger partial charge on any atom is 0.223 e. The smallest absolute Gasteiger partial charge is 0.223 e. The number of rotatable bonds is 6. The van der Waals surface area contributed by atoms with Gasteiger partial charge < -0.3 is 14.8 Å². The first kappa shape index (κ1) is 22.4. The van der Waals surface area contributed by atoms with Gasteiger partial charge in [0.2, 0.25) is 11.9 Å². The van der Waals surface area contributed by atoms with Crippen LogP contribution in [0.2, 0.25) is 5.02 Å². The van der Waals surface area contributed by atoms with Crippen molar-refractivity contribution in [3.05, 3.63) is 94.8 Å². The lowest BCUT2D eigenvalue weighted by Crippen LogP contribution is -2.41. The van der Waals surface area contributed by atoms with Crippen LogP contribution in [0.5, 0.6) is 0 Å². The van der Waals surface area contributed by atoms with Gasteiger partial charge in [0.25, 0.3) is 0 Å². The van der Waals surface area contributed by atoms with Crippen LogP contribution in [0.25, 0.3) is 11.0 Å². The van der Waals surface area contributed by atoms with Crippen molar-refractivity contribution in [3.63, 3.8) is 0 Å². The van der Waals surface area contributed by atoms with E-state index >= 15 is 0 Å². The standard InChI is InChI=1S/C27H26ClFN4O/c28-23-6-2-1-5-21(23)17-30-26(34)20-13-15-32(16-14-20)27-31-24-7-3-4-8-25(24)33(27)18-19-9-11-22(29)12-10-19/h1-12,20H,13-18H2,(H,30,34). The highest BCUT2D eigenvalue weighted by Crippen LogP contribution is 2.28. The fourth-order valence-electron chi connectivity index (χ4n) is 4.54. The third-order valence-corrected chi connectivity index (χ3v) is 6.82. The van der Waals surface area contributed by atoms with Gasteiger partial charge in [0.1, 0.15) is 5.82 Å². The minimum Gasteiger partial charge on any atom is -0.352 e. The highest BCUT2D eigenvalue weighted by molar-refractivity contribution is 6.31. The Labute approximate surface area is 203 Å². The second-order valence-electron chi connectivity index (χ2n) is 8.68. The van der Waals surface area contributed by atoms with Crippen LogP contribution in [-0.4, -0.2) is 28.5 Å². The summed E-state index contributed by atoms with van der Waals surface area (Å²) in [5.41, 5.74) is 3.91. The fourth-order valence-corrected chi connectivity index (χ4v) is 4.75. The molecule has 0 saturated carbocycles. The SMILES string of the molecule is O=C(NCc1ccccc1Cl)C1CCN(c2nc3ccccc3n2Cc2ccc(F)cc2)CC1. The fraction of sp³-hybridized carbons (Fsp3) is 0.259. The number of carbonyl (C=O) groups is 1. The molecule has 1 N–H and O–H groups in total. The quantitative estimate of drug-likeness (QED) is 0.405. The Morgan fingerprint density at radius 1 is 1.00 bits per heavy atom. The molecule has 0 aliphatic carbocycles. The van der Waals surface area contributed by atoms with Crippen LogP contribution < -0.4 is 10.2 Å². The molecule has 1 saturated heterocycles. The summed E-state index contributed by atoms with van der Waals surface area (Å²) < 4.78 is 15.6. The minimum absolute atomic E-state index is 0.0336. The molecule has 0 atom stereocenters. The summed E-state index contributed by atoms with van der Waals surface area (Å²) in [6, 6.07) is 22.2. The van der Waals surface area contributed by atoms with Crippen molar-refractivity contribution in [1.29, 1.82) is 0 Å². The minimum atomic E-state index is -0.241. The summed E-state index contributed by atoms with van der Waals surface area (Å²) in [5, 5.41) is 3.71. The molecule has 0 radical (unpaired) electrons. The van der Waals surface area contributed by atoms with E-state index in [-0.39, 0.29) is 17.6 Å². The molecule has 1 aromatic heterocycles. The second kappa shape index (κ2) is 9.85. The van der Waals surface area contributed by atoms with Crippen molar-refractivity contribution in [2.45, 2.75) is 25.9 Å². The van der Waals surface area contributed by atoms with Gasteiger partial charge in [0.15, 0.2) is 0 Å². The number of nitrogens with zero attached hydrogens (tertiary/aromatic N) is 3. The molecular formula is C27H26ClFN4O. The number of benzene rings is 3. The largest absolute Gasteiger partial charge is 0.352 e. The third kappa shape index (κ3) is 4.77. The lowest BCUT2D eigenvalue weighted by atomic mass is 9.96. The first-order valence-corrected chi connectivity index (χ1v) is 11.9. The monoisotopic (exact) mass is 476 g/mol. The van der Waals surface area contributed by atoms with E-state index in [1.165, 1.54) is 12.1 Å². The van der Waals surface area contributed by atoms with Crippen LogP contribution in [0.15, 0.2) is 72.8 Å². The number of para-hydroxylation sites is 2. The van der Waals surface area contributed by atoms with Crippen LogP contribution >= 0.6 is 11.6 Å². The summed E-state index contributed by atoms with van der Waals surface area (Å²) in [6.45, 7) is 2.54. The van der Waals surface area contributed by atoms with Crippen molar-refractivity contribution < 1.29 is 9.18 Å². The van der Waals surface area contributed by atoms with Gasteiger partial charge >= 0.3 is 0 Å². The lowest BCUT2D eigenvalue weighted by molar-refractivity contribution is -0.125. The number of nitrogens with one attached hydrogen (secondary N) is 1. The van der Waals surface area contributed by atoms with E-state index < -0.39 is 0 Å². The molecule has 1 fully saturated rings. The molecule has 34 heavy (non-hydrogen) atoms.